The molecule has 0 amide bonds. The van der Waals surface area contributed by atoms with Crippen LogP contribution in [0.3, 0.4) is 0 Å². The molecular weight excluding hydrogens is 156 g/mol. The summed E-state index contributed by atoms with van der Waals surface area (Å²) in [5.41, 5.74) is 0.339. The Labute approximate surface area is 84.4 Å². The maximum absolute atomic E-state index is 2.36. The zero-order valence-electron chi connectivity index (χ0n) is 10.2. The fourth-order valence-corrected chi connectivity index (χ4v) is 1.15. The second kappa shape index (κ2) is 5.47. The Morgan fingerprint density at radius 3 is 1.92 bits per heavy atom. The Morgan fingerprint density at radius 1 is 1.00 bits per heavy atom. The maximum Gasteiger partial charge on any atom is -0.0203 e. The number of rotatable bonds is 4. The van der Waals surface area contributed by atoms with Gasteiger partial charge in [-0.05, 0) is 23.7 Å². The third kappa shape index (κ3) is 9.66. The monoisotopic (exact) mass is 182 g/mol. The lowest BCUT2D eigenvalue weighted by Gasteiger charge is -2.14. The van der Waals surface area contributed by atoms with Crippen molar-refractivity contribution in [1.29, 1.82) is 0 Å². The first kappa shape index (κ1) is 12.7. The van der Waals surface area contributed by atoms with E-state index in [9.17, 15) is 0 Å². The molecule has 0 heterocycles. The molecular formula is C13H26. The Morgan fingerprint density at radius 2 is 1.54 bits per heavy atom. The molecule has 0 heteroatoms. The second-order valence-electron chi connectivity index (χ2n) is 5.67. The maximum atomic E-state index is 2.36. The summed E-state index contributed by atoms with van der Waals surface area (Å²) < 4.78 is 0. The molecule has 0 aromatic heterocycles. The minimum Gasteiger partial charge on any atom is -0.0852 e. The molecule has 0 aliphatic rings. The highest BCUT2D eigenvalue weighted by Gasteiger charge is 2.05. The summed E-state index contributed by atoms with van der Waals surface area (Å²) >= 11 is 0. The van der Waals surface area contributed by atoms with Crippen LogP contribution in [0.5, 0.6) is 0 Å². The second-order valence-corrected chi connectivity index (χ2v) is 5.67. The molecule has 0 N–H and O–H groups in total. The fraction of sp³-hybridized carbons (Fsp3) is 0.846. The lowest BCUT2D eigenvalue weighted by Crippen LogP contribution is -2.01. The number of hydrogen-bond acceptors (Lipinski definition) is 0. The van der Waals surface area contributed by atoms with Gasteiger partial charge in [-0.1, -0.05) is 60.1 Å². The van der Waals surface area contributed by atoms with Gasteiger partial charge >= 0.3 is 0 Å². The van der Waals surface area contributed by atoms with Gasteiger partial charge in [0.2, 0.25) is 0 Å². The molecule has 0 nitrogen and oxygen atoms in total. The van der Waals surface area contributed by atoms with Gasteiger partial charge in [-0.15, -0.1) is 0 Å². The highest BCUT2D eigenvalue weighted by atomic mass is 14.1. The average Bonchev–Trinajstić information content (AvgIpc) is 1.95. The van der Waals surface area contributed by atoms with Gasteiger partial charge < -0.3 is 0 Å². The van der Waals surface area contributed by atoms with Crippen LogP contribution in [0.4, 0.5) is 0 Å². The molecule has 0 rings (SSSR count). The van der Waals surface area contributed by atoms with E-state index >= 15 is 0 Å². The van der Waals surface area contributed by atoms with Crippen molar-refractivity contribution < 1.29 is 0 Å². The van der Waals surface area contributed by atoms with Gasteiger partial charge in [0.05, 0.1) is 0 Å². The summed E-state index contributed by atoms with van der Waals surface area (Å²) in [5.74, 6) is 1.58. The molecule has 0 saturated heterocycles. The summed E-state index contributed by atoms with van der Waals surface area (Å²) in [5, 5.41) is 0. The van der Waals surface area contributed by atoms with Crippen LogP contribution in [-0.2, 0) is 0 Å². The molecule has 0 aromatic rings. The fourth-order valence-electron chi connectivity index (χ4n) is 1.15. The van der Waals surface area contributed by atoms with Crippen molar-refractivity contribution in [3.8, 4) is 0 Å². The zero-order chi connectivity index (χ0) is 10.5. The van der Waals surface area contributed by atoms with Crippen molar-refractivity contribution in [2.24, 2.45) is 17.3 Å². The summed E-state index contributed by atoms with van der Waals surface area (Å²) in [6.45, 7) is 13.6. The normalized spacial score (nSPS) is 15.6. The molecule has 0 fully saturated rings. The highest BCUT2D eigenvalue weighted by molar-refractivity contribution is 4.94. The average molecular weight is 182 g/mol. The van der Waals surface area contributed by atoms with Crippen LogP contribution in [0.2, 0.25) is 0 Å². The van der Waals surface area contributed by atoms with Crippen LogP contribution in [0, 0.1) is 17.3 Å². The van der Waals surface area contributed by atoms with Crippen LogP contribution < -0.4 is 0 Å². The van der Waals surface area contributed by atoms with Crippen molar-refractivity contribution in [3.05, 3.63) is 12.2 Å². The van der Waals surface area contributed by atoms with Crippen molar-refractivity contribution in [3.63, 3.8) is 0 Å². The third-order valence-corrected chi connectivity index (χ3v) is 2.12. The smallest absolute Gasteiger partial charge is 0.0203 e. The third-order valence-electron chi connectivity index (χ3n) is 2.12. The predicted octanol–water partition coefficient (Wildman–Crippen LogP) is 4.66. The van der Waals surface area contributed by atoms with Gasteiger partial charge in [-0.3, -0.25) is 0 Å². The van der Waals surface area contributed by atoms with Gasteiger partial charge in [0.15, 0.2) is 0 Å². The summed E-state index contributed by atoms with van der Waals surface area (Å²) in [4.78, 5) is 0. The van der Waals surface area contributed by atoms with E-state index in [1.807, 2.05) is 0 Å². The lowest BCUT2D eigenvalue weighted by atomic mass is 9.92. The molecule has 0 saturated carbocycles. The molecule has 0 bridgehead atoms. The number of allylic oxidation sites excluding steroid dienone is 2. The molecule has 0 spiro atoms. The van der Waals surface area contributed by atoms with Gasteiger partial charge in [0.25, 0.3) is 0 Å². The van der Waals surface area contributed by atoms with E-state index < -0.39 is 0 Å². The molecule has 0 radical (unpaired) electrons. The Balaban J connectivity index is 3.74. The SMILES string of the molecule is CC(C)CCC(C)C=CC(C)(C)C. The first-order valence-electron chi connectivity index (χ1n) is 5.50. The summed E-state index contributed by atoms with van der Waals surface area (Å²) in [6, 6.07) is 0. The molecule has 13 heavy (non-hydrogen) atoms. The van der Waals surface area contributed by atoms with E-state index in [0.29, 0.717) is 5.41 Å². The Bertz CT molecular complexity index is 146. The van der Waals surface area contributed by atoms with Crippen LogP contribution in [0.1, 0.15) is 54.4 Å². The molecule has 0 aliphatic heterocycles. The Hall–Kier alpha value is -0.260. The quantitative estimate of drug-likeness (QED) is 0.555. The van der Waals surface area contributed by atoms with Crippen molar-refractivity contribution >= 4 is 0 Å². The largest absolute Gasteiger partial charge is 0.0852 e. The van der Waals surface area contributed by atoms with E-state index in [2.05, 4.69) is 53.7 Å². The van der Waals surface area contributed by atoms with Crippen LogP contribution in [-0.4, -0.2) is 0 Å². The zero-order valence-corrected chi connectivity index (χ0v) is 10.2. The van der Waals surface area contributed by atoms with Crippen LogP contribution >= 0.6 is 0 Å². The minimum absolute atomic E-state index is 0.339. The van der Waals surface area contributed by atoms with E-state index in [1.54, 1.807) is 0 Å². The standard InChI is InChI=1S/C13H26/c1-11(2)7-8-12(3)9-10-13(4,5)6/h9-12H,7-8H2,1-6H3. The molecule has 1 unspecified atom stereocenters. The lowest BCUT2D eigenvalue weighted by molar-refractivity contribution is 0.491. The van der Waals surface area contributed by atoms with E-state index in [4.69, 9.17) is 0 Å². The number of hydrogen-bond donors (Lipinski definition) is 0. The van der Waals surface area contributed by atoms with Crippen molar-refractivity contribution in [2.45, 2.75) is 54.4 Å². The molecule has 0 aromatic carbocycles. The predicted molar refractivity (Wildman–Crippen MR) is 61.8 cm³/mol. The minimum atomic E-state index is 0.339. The van der Waals surface area contributed by atoms with E-state index in [1.165, 1.54) is 12.8 Å². The van der Waals surface area contributed by atoms with Crippen molar-refractivity contribution in [2.75, 3.05) is 0 Å². The molecule has 1 atom stereocenters. The van der Waals surface area contributed by atoms with Gasteiger partial charge in [0.1, 0.15) is 0 Å². The first-order chi connectivity index (χ1) is 5.81. The van der Waals surface area contributed by atoms with E-state index in [-0.39, 0.29) is 0 Å². The first-order valence-corrected chi connectivity index (χ1v) is 5.50. The molecule has 78 valence electrons. The summed E-state index contributed by atoms with van der Waals surface area (Å²) in [7, 11) is 0. The van der Waals surface area contributed by atoms with Crippen LogP contribution in [0.25, 0.3) is 0 Å². The Kier molecular flexibility index (Phi) is 5.36. The van der Waals surface area contributed by atoms with E-state index in [0.717, 1.165) is 11.8 Å². The topological polar surface area (TPSA) is 0 Å². The van der Waals surface area contributed by atoms with Gasteiger partial charge in [0, 0.05) is 0 Å². The summed E-state index contributed by atoms with van der Waals surface area (Å²) in [6.07, 6.45) is 7.36. The van der Waals surface area contributed by atoms with Crippen molar-refractivity contribution in [1.82, 2.24) is 0 Å². The molecule has 0 aliphatic carbocycles. The van der Waals surface area contributed by atoms with Crippen LogP contribution in [0.15, 0.2) is 12.2 Å². The highest BCUT2D eigenvalue weighted by Crippen LogP contribution is 2.18. The van der Waals surface area contributed by atoms with Gasteiger partial charge in [-0.2, -0.15) is 0 Å². The van der Waals surface area contributed by atoms with Gasteiger partial charge in [-0.25, -0.2) is 0 Å².